The highest BCUT2D eigenvalue weighted by atomic mass is 16.5. The van der Waals surface area contributed by atoms with E-state index >= 15 is 0 Å². The Morgan fingerprint density at radius 2 is 1.69 bits per heavy atom. The molecule has 0 radical (unpaired) electrons. The standard InChI is InChI=1S/C25H26N4O7/c1-14(31)26-22-19(11-21(25(34)35)36-24(22)23(33)20(32)13-30)29-12-18(27-28-29)17-9-7-16(8-10-17)15-5-3-2-4-6-15/h2-12,19-20,22-24,30,32-33H,13H2,1H3,(H,26,31)(H,34,35)/t19-,20+,22+,23+,24+/m0/s1. The van der Waals surface area contributed by atoms with Crippen LogP contribution in [0, 0.1) is 0 Å². The van der Waals surface area contributed by atoms with Crippen LogP contribution in [0.4, 0.5) is 0 Å². The predicted octanol–water partition coefficient (Wildman–Crippen LogP) is 0.739. The van der Waals surface area contributed by atoms with Gasteiger partial charge in [-0.2, -0.15) is 0 Å². The second-order valence-electron chi connectivity index (χ2n) is 8.40. The number of aliphatic hydroxyl groups is 3. The number of aliphatic carboxylic acids is 1. The Kier molecular flexibility index (Phi) is 7.44. The van der Waals surface area contributed by atoms with E-state index in [2.05, 4.69) is 15.6 Å². The van der Waals surface area contributed by atoms with Crippen molar-refractivity contribution in [1.29, 1.82) is 0 Å². The van der Waals surface area contributed by atoms with Gasteiger partial charge in [0, 0.05) is 12.5 Å². The zero-order chi connectivity index (χ0) is 25.8. The van der Waals surface area contributed by atoms with Gasteiger partial charge in [0.25, 0.3) is 0 Å². The number of amides is 1. The molecule has 2 heterocycles. The van der Waals surface area contributed by atoms with Gasteiger partial charge in [0.2, 0.25) is 11.7 Å². The number of carbonyl (C=O) groups excluding carboxylic acids is 1. The summed E-state index contributed by atoms with van der Waals surface area (Å²) in [5, 5.41) is 50.3. The van der Waals surface area contributed by atoms with E-state index in [1.165, 1.54) is 17.7 Å². The first-order valence-corrected chi connectivity index (χ1v) is 11.2. The Balaban J connectivity index is 1.68. The van der Waals surface area contributed by atoms with E-state index < -0.39 is 54.6 Å². The molecular weight excluding hydrogens is 468 g/mol. The van der Waals surface area contributed by atoms with Crippen molar-refractivity contribution in [3.63, 3.8) is 0 Å². The van der Waals surface area contributed by atoms with Crippen molar-refractivity contribution >= 4 is 11.9 Å². The molecule has 11 nitrogen and oxygen atoms in total. The molecule has 0 unspecified atom stereocenters. The van der Waals surface area contributed by atoms with Gasteiger partial charge in [-0.25, -0.2) is 9.48 Å². The third kappa shape index (κ3) is 5.28. The first kappa shape index (κ1) is 25.0. The summed E-state index contributed by atoms with van der Waals surface area (Å²) in [6, 6.07) is 15.6. The number of carbonyl (C=O) groups is 2. The Hall–Kier alpha value is -4.06. The molecule has 1 aromatic heterocycles. The molecule has 1 aliphatic heterocycles. The molecule has 0 bridgehead atoms. The minimum Gasteiger partial charge on any atom is -0.478 e. The second-order valence-corrected chi connectivity index (χ2v) is 8.40. The number of aromatic nitrogens is 3. The van der Waals surface area contributed by atoms with E-state index in [1.54, 1.807) is 6.20 Å². The molecule has 0 saturated heterocycles. The molecule has 5 atom stereocenters. The summed E-state index contributed by atoms with van der Waals surface area (Å²) < 4.78 is 6.77. The summed E-state index contributed by atoms with van der Waals surface area (Å²) >= 11 is 0. The third-order valence-corrected chi connectivity index (χ3v) is 5.91. The lowest BCUT2D eigenvalue weighted by Gasteiger charge is -2.39. The molecule has 0 fully saturated rings. The van der Waals surface area contributed by atoms with Crippen LogP contribution in [0.1, 0.15) is 13.0 Å². The van der Waals surface area contributed by atoms with Crippen LogP contribution >= 0.6 is 0 Å². The van der Waals surface area contributed by atoms with Crippen molar-refractivity contribution in [2.24, 2.45) is 0 Å². The number of nitrogens with zero attached hydrogens (tertiary/aromatic N) is 3. The Bertz CT molecular complexity index is 1240. The fourth-order valence-corrected chi connectivity index (χ4v) is 4.10. The lowest BCUT2D eigenvalue weighted by Crippen LogP contribution is -2.58. The Morgan fingerprint density at radius 3 is 2.31 bits per heavy atom. The van der Waals surface area contributed by atoms with Gasteiger partial charge in [-0.15, -0.1) is 5.10 Å². The monoisotopic (exact) mass is 494 g/mol. The van der Waals surface area contributed by atoms with Gasteiger partial charge in [-0.05, 0) is 17.2 Å². The van der Waals surface area contributed by atoms with Crippen LogP contribution in [0.3, 0.4) is 0 Å². The van der Waals surface area contributed by atoms with E-state index in [1.807, 2.05) is 54.6 Å². The smallest absolute Gasteiger partial charge is 0.370 e. The number of carboxylic acid groups (broad SMARTS) is 1. The van der Waals surface area contributed by atoms with E-state index in [-0.39, 0.29) is 0 Å². The first-order valence-electron chi connectivity index (χ1n) is 11.2. The molecule has 0 spiro atoms. The average Bonchev–Trinajstić information content (AvgIpc) is 3.38. The number of hydrogen-bond donors (Lipinski definition) is 5. The van der Waals surface area contributed by atoms with E-state index in [9.17, 15) is 30.0 Å². The summed E-state index contributed by atoms with van der Waals surface area (Å²) in [4.78, 5) is 23.7. The van der Waals surface area contributed by atoms with Crippen LogP contribution in [-0.4, -0.2) is 78.3 Å². The van der Waals surface area contributed by atoms with Crippen LogP contribution < -0.4 is 5.32 Å². The SMILES string of the molecule is CC(=O)N[C@H]1[C@H]([C@H](O)[C@H](O)CO)OC(C(=O)O)=C[C@@H]1n1cc(-c2ccc(-c3ccccc3)cc2)nn1. The minimum atomic E-state index is -1.70. The van der Waals surface area contributed by atoms with Gasteiger partial charge >= 0.3 is 5.97 Å². The van der Waals surface area contributed by atoms with Crippen LogP contribution in [0.25, 0.3) is 22.4 Å². The number of ether oxygens (including phenoxy) is 1. The zero-order valence-corrected chi connectivity index (χ0v) is 19.3. The molecule has 5 N–H and O–H groups in total. The number of benzene rings is 2. The summed E-state index contributed by atoms with van der Waals surface area (Å²) in [5.41, 5.74) is 3.35. The van der Waals surface area contributed by atoms with Gasteiger partial charge in [0.1, 0.15) is 24.0 Å². The summed E-state index contributed by atoms with van der Waals surface area (Å²) in [6.07, 6.45) is -1.89. The lowest BCUT2D eigenvalue weighted by atomic mass is 9.92. The lowest BCUT2D eigenvalue weighted by molar-refractivity contribution is -0.147. The maximum atomic E-state index is 11.9. The van der Waals surface area contributed by atoms with Crippen LogP contribution in [0.5, 0.6) is 0 Å². The van der Waals surface area contributed by atoms with Gasteiger partial charge in [0.15, 0.2) is 0 Å². The Labute approximate surface area is 206 Å². The Morgan fingerprint density at radius 1 is 1.06 bits per heavy atom. The number of rotatable bonds is 8. The van der Waals surface area contributed by atoms with Crippen molar-refractivity contribution in [1.82, 2.24) is 20.3 Å². The topological polar surface area (TPSA) is 167 Å². The first-order chi connectivity index (χ1) is 17.3. The summed E-state index contributed by atoms with van der Waals surface area (Å²) in [5.74, 6) is -2.39. The van der Waals surface area contributed by atoms with E-state index in [0.717, 1.165) is 16.7 Å². The van der Waals surface area contributed by atoms with Crippen molar-refractivity contribution in [2.75, 3.05) is 6.61 Å². The maximum Gasteiger partial charge on any atom is 0.370 e. The normalized spacial score (nSPS) is 21.1. The molecule has 4 rings (SSSR count). The maximum absolute atomic E-state index is 11.9. The highest BCUT2D eigenvalue weighted by Gasteiger charge is 2.44. The third-order valence-electron chi connectivity index (χ3n) is 5.91. The van der Waals surface area contributed by atoms with Gasteiger partial charge in [0.05, 0.1) is 24.9 Å². The predicted molar refractivity (Wildman–Crippen MR) is 127 cm³/mol. The number of hydrogen-bond acceptors (Lipinski definition) is 8. The van der Waals surface area contributed by atoms with Crippen molar-refractivity contribution < 1.29 is 34.8 Å². The van der Waals surface area contributed by atoms with E-state index in [0.29, 0.717) is 5.69 Å². The molecule has 3 aromatic rings. The number of nitrogens with one attached hydrogen (secondary N) is 1. The van der Waals surface area contributed by atoms with Gasteiger partial charge in [-0.1, -0.05) is 59.8 Å². The van der Waals surface area contributed by atoms with Crippen molar-refractivity contribution in [3.05, 3.63) is 72.6 Å². The number of carboxylic acids is 1. The molecular formula is C25H26N4O7. The van der Waals surface area contributed by atoms with Gasteiger partial charge in [-0.3, -0.25) is 4.79 Å². The van der Waals surface area contributed by atoms with Crippen molar-refractivity contribution in [3.8, 4) is 22.4 Å². The largest absolute Gasteiger partial charge is 0.478 e. The highest BCUT2D eigenvalue weighted by molar-refractivity contribution is 5.84. The second kappa shape index (κ2) is 10.7. The molecule has 1 aliphatic rings. The average molecular weight is 495 g/mol. The molecule has 0 saturated carbocycles. The summed E-state index contributed by atoms with van der Waals surface area (Å²) in [6.45, 7) is 0.456. The van der Waals surface area contributed by atoms with Gasteiger partial charge < -0.3 is 30.5 Å². The fraction of sp³-hybridized carbons (Fsp3) is 0.280. The van der Waals surface area contributed by atoms with Crippen LogP contribution in [-0.2, 0) is 14.3 Å². The highest BCUT2D eigenvalue weighted by Crippen LogP contribution is 2.31. The fourth-order valence-electron chi connectivity index (χ4n) is 4.10. The molecule has 1 amide bonds. The zero-order valence-electron chi connectivity index (χ0n) is 19.3. The molecule has 11 heteroatoms. The molecule has 188 valence electrons. The molecule has 2 aromatic carbocycles. The molecule has 36 heavy (non-hydrogen) atoms. The summed E-state index contributed by atoms with van der Waals surface area (Å²) in [7, 11) is 0. The molecule has 0 aliphatic carbocycles. The van der Waals surface area contributed by atoms with E-state index in [4.69, 9.17) is 4.74 Å². The quantitative estimate of drug-likeness (QED) is 0.303. The minimum absolute atomic E-state index is 0.478. The van der Waals surface area contributed by atoms with Crippen molar-refractivity contribution in [2.45, 2.75) is 37.3 Å². The van der Waals surface area contributed by atoms with Crippen LogP contribution in [0.15, 0.2) is 72.6 Å². The van der Waals surface area contributed by atoms with Crippen LogP contribution in [0.2, 0.25) is 0 Å². The number of aliphatic hydroxyl groups excluding tert-OH is 3.